The number of benzene rings is 2. The van der Waals surface area contributed by atoms with Crippen molar-refractivity contribution in [3.8, 4) is 28.5 Å². The number of aromatic nitrogens is 2. The number of nitrogens with one attached hydrogen (secondary N) is 1. The molecule has 0 aliphatic heterocycles. The van der Waals surface area contributed by atoms with Crippen LogP contribution in [-0.4, -0.2) is 43.4 Å². The Kier molecular flexibility index (Phi) is 6.36. The monoisotopic (exact) mass is 392 g/mol. The first-order valence-electron chi connectivity index (χ1n) is 8.67. The molecule has 0 radical (unpaired) electrons. The van der Waals surface area contributed by atoms with Crippen molar-refractivity contribution < 1.29 is 19.0 Å². The lowest BCUT2D eigenvalue weighted by Crippen LogP contribution is -2.19. The molecule has 3 rings (SSSR count). The number of amides is 1. The first-order chi connectivity index (χ1) is 14.2. The number of hydrazone groups is 1. The van der Waals surface area contributed by atoms with Gasteiger partial charge in [0.15, 0.2) is 0 Å². The molecule has 0 saturated carbocycles. The summed E-state index contributed by atoms with van der Waals surface area (Å²) in [6.45, 7) is 0. The van der Waals surface area contributed by atoms with Gasteiger partial charge in [0.1, 0.15) is 22.9 Å². The molecule has 0 fully saturated rings. The zero-order valence-electron chi connectivity index (χ0n) is 16.2. The van der Waals surface area contributed by atoms with Crippen molar-refractivity contribution in [3.63, 3.8) is 0 Å². The van der Waals surface area contributed by atoms with E-state index in [1.54, 1.807) is 45.7 Å². The summed E-state index contributed by atoms with van der Waals surface area (Å²) in [6, 6.07) is 12.7. The molecule has 0 aliphatic carbocycles. The predicted molar refractivity (Wildman–Crippen MR) is 109 cm³/mol. The molecule has 0 saturated heterocycles. The molecule has 0 unspecified atom stereocenters. The first kappa shape index (κ1) is 19.8. The van der Waals surface area contributed by atoms with E-state index in [9.17, 15) is 4.79 Å². The average Bonchev–Trinajstić information content (AvgIpc) is 2.79. The van der Waals surface area contributed by atoms with Crippen LogP contribution in [0.1, 0.15) is 16.1 Å². The van der Waals surface area contributed by atoms with Gasteiger partial charge in [-0.15, -0.1) is 0 Å². The standard InChI is InChI=1S/C21H20N4O4/c1-27-15-9-7-14(8-10-15)17-12-22-13-18(24-17)21(26)25-23-11-16-19(28-2)5-4-6-20(16)29-3/h4-13H,1-3H3,(H,25,26)/b23-11+. The second kappa shape index (κ2) is 9.32. The van der Waals surface area contributed by atoms with Gasteiger partial charge in [0.2, 0.25) is 0 Å². The maximum absolute atomic E-state index is 12.4. The van der Waals surface area contributed by atoms with E-state index in [1.807, 2.05) is 24.3 Å². The van der Waals surface area contributed by atoms with E-state index in [1.165, 1.54) is 12.4 Å². The van der Waals surface area contributed by atoms with Gasteiger partial charge in [-0.1, -0.05) is 6.07 Å². The second-order valence-corrected chi connectivity index (χ2v) is 5.79. The lowest BCUT2D eigenvalue weighted by molar-refractivity contribution is 0.0950. The fourth-order valence-electron chi connectivity index (χ4n) is 2.60. The molecule has 0 aliphatic rings. The van der Waals surface area contributed by atoms with Gasteiger partial charge in [0, 0.05) is 5.56 Å². The van der Waals surface area contributed by atoms with Crippen LogP contribution in [0.2, 0.25) is 0 Å². The fourth-order valence-corrected chi connectivity index (χ4v) is 2.60. The highest BCUT2D eigenvalue weighted by atomic mass is 16.5. The average molecular weight is 392 g/mol. The van der Waals surface area contributed by atoms with Crippen LogP contribution in [0.5, 0.6) is 17.2 Å². The number of ether oxygens (including phenoxy) is 3. The van der Waals surface area contributed by atoms with Crippen LogP contribution in [0.25, 0.3) is 11.3 Å². The third-order valence-corrected chi connectivity index (χ3v) is 4.08. The molecule has 0 spiro atoms. The van der Waals surface area contributed by atoms with Crippen LogP contribution in [0.15, 0.2) is 60.0 Å². The minimum Gasteiger partial charge on any atom is -0.497 e. The van der Waals surface area contributed by atoms with Crippen LogP contribution in [-0.2, 0) is 0 Å². The quantitative estimate of drug-likeness (QED) is 0.491. The number of carbonyl (C=O) groups is 1. The normalized spacial score (nSPS) is 10.6. The SMILES string of the molecule is COc1ccc(-c2cncc(C(=O)N/N=C/c3c(OC)cccc3OC)n2)cc1. The van der Waals surface area contributed by atoms with Crippen LogP contribution in [0.3, 0.4) is 0 Å². The van der Waals surface area contributed by atoms with Gasteiger partial charge in [0.25, 0.3) is 5.91 Å². The molecule has 0 atom stereocenters. The van der Waals surface area contributed by atoms with Gasteiger partial charge >= 0.3 is 0 Å². The van der Waals surface area contributed by atoms with Gasteiger partial charge < -0.3 is 14.2 Å². The van der Waals surface area contributed by atoms with Crippen LogP contribution in [0, 0.1) is 0 Å². The van der Waals surface area contributed by atoms with Crippen molar-refractivity contribution in [2.75, 3.05) is 21.3 Å². The molecule has 0 bridgehead atoms. The van der Waals surface area contributed by atoms with E-state index in [-0.39, 0.29) is 5.69 Å². The van der Waals surface area contributed by atoms with Crippen molar-refractivity contribution in [1.82, 2.24) is 15.4 Å². The summed E-state index contributed by atoms with van der Waals surface area (Å²) in [5, 5.41) is 3.99. The Morgan fingerprint density at radius 2 is 1.66 bits per heavy atom. The summed E-state index contributed by atoms with van der Waals surface area (Å²) in [4.78, 5) is 20.9. The lowest BCUT2D eigenvalue weighted by atomic mass is 10.1. The highest BCUT2D eigenvalue weighted by molar-refractivity contribution is 5.94. The molecule has 2 aromatic carbocycles. The van der Waals surface area contributed by atoms with Crippen molar-refractivity contribution >= 4 is 12.1 Å². The third-order valence-electron chi connectivity index (χ3n) is 4.08. The van der Waals surface area contributed by atoms with E-state index in [4.69, 9.17) is 14.2 Å². The molecule has 1 aromatic heterocycles. The molecule has 3 aromatic rings. The van der Waals surface area contributed by atoms with Crippen molar-refractivity contribution in [1.29, 1.82) is 0 Å². The topological polar surface area (TPSA) is 94.9 Å². The van der Waals surface area contributed by atoms with Gasteiger partial charge in [-0.2, -0.15) is 5.10 Å². The minimum atomic E-state index is -0.488. The Hall–Kier alpha value is -3.94. The second-order valence-electron chi connectivity index (χ2n) is 5.79. The Balaban J connectivity index is 1.76. The predicted octanol–water partition coefficient (Wildman–Crippen LogP) is 2.93. The highest BCUT2D eigenvalue weighted by Gasteiger charge is 2.11. The minimum absolute atomic E-state index is 0.141. The Bertz CT molecular complexity index is 997. The van der Waals surface area contributed by atoms with Crippen molar-refractivity contribution in [2.24, 2.45) is 5.10 Å². The Labute approximate surface area is 168 Å². The van der Waals surface area contributed by atoms with Crippen LogP contribution in [0.4, 0.5) is 0 Å². The molecule has 8 nitrogen and oxygen atoms in total. The molecule has 1 N–H and O–H groups in total. The van der Waals surface area contributed by atoms with Crippen LogP contribution >= 0.6 is 0 Å². The summed E-state index contributed by atoms with van der Waals surface area (Å²) in [5.41, 5.74) is 4.57. The maximum atomic E-state index is 12.4. The van der Waals surface area contributed by atoms with E-state index < -0.39 is 5.91 Å². The fraction of sp³-hybridized carbons (Fsp3) is 0.143. The van der Waals surface area contributed by atoms with Gasteiger partial charge in [-0.3, -0.25) is 9.78 Å². The van der Waals surface area contributed by atoms with Gasteiger partial charge in [0.05, 0.1) is 51.2 Å². The molecule has 1 heterocycles. The summed E-state index contributed by atoms with van der Waals surface area (Å²) >= 11 is 0. The summed E-state index contributed by atoms with van der Waals surface area (Å²) in [6.07, 6.45) is 4.42. The number of carbonyl (C=O) groups excluding carboxylic acids is 1. The number of methoxy groups -OCH3 is 3. The molecular formula is C21H20N4O4. The summed E-state index contributed by atoms with van der Waals surface area (Å²) in [7, 11) is 4.69. The van der Waals surface area contributed by atoms with Crippen LogP contribution < -0.4 is 19.6 Å². The maximum Gasteiger partial charge on any atom is 0.291 e. The zero-order valence-corrected chi connectivity index (χ0v) is 16.2. The third kappa shape index (κ3) is 4.67. The number of rotatable bonds is 7. The van der Waals surface area contributed by atoms with Gasteiger partial charge in [-0.05, 0) is 36.4 Å². The molecular weight excluding hydrogens is 372 g/mol. The molecule has 1 amide bonds. The largest absolute Gasteiger partial charge is 0.497 e. The highest BCUT2D eigenvalue weighted by Crippen LogP contribution is 2.26. The lowest BCUT2D eigenvalue weighted by Gasteiger charge is -2.09. The van der Waals surface area contributed by atoms with Crippen molar-refractivity contribution in [3.05, 3.63) is 66.1 Å². The first-order valence-corrected chi connectivity index (χ1v) is 8.67. The van der Waals surface area contributed by atoms with Gasteiger partial charge in [-0.25, -0.2) is 10.4 Å². The van der Waals surface area contributed by atoms with E-state index in [0.717, 1.165) is 11.3 Å². The molecule has 29 heavy (non-hydrogen) atoms. The number of hydrogen-bond acceptors (Lipinski definition) is 7. The Morgan fingerprint density at radius 3 is 2.28 bits per heavy atom. The van der Waals surface area contributed by atoms with E-state index in [2.05, 4.69) is 20.5 Å². The number of hydrogen-bond donors (Lipinski definition) is 1. The zero-order chi connectivity index (χ0) is 20.6. The molecule has 148 valence electrons. The Morgan fingerprint density at radius 1 is 0.966 bits per heavy atom. The van der Waals surface area contributed by atoms with Crippen molar-refractivity contribution in [2.45, 2.75) is 0 Å². The smallest absolute Gasteiger partial charge is 0.291 e. The van der Waals surface area contributed by atoms with E-state index in [0.29, 0.717) is 22.8 Å². The van der Waals surface area contributed by atoms with E-state index >= 15 is 0 Å². The summed E-state index contributed by atoms with van der Waals surface area (Å²) in [5.74, 6) is 1.39. The number of nitrogens with zero attached hydrogens (tertiary/aromatic N) is 3. The molecule has 8 heteroatoms. The summed E-state index contributed by atoms with van der Waals surface area (Å²) < 4.78 is 15.7.